The van der Waals surface area contributed by atoms with Gasteiger partial charge < -0.3 is 10.1 Å². The topological polar surface area (TPSA) is 39.1 Å². The van der Waals surface area contributed by atoms with Crippen LogP contribution < -0.4 is 10.1 Å². The normalized spacial score (nSPS) is 10.7. The summed E-state index contributed by atoms with van der Waals surface area (Å²) in [6.07, 6.45) is 3.85. The molecule has 0 aliphatic heterocycles. The maximum atomic E-state index is 5.92. The Labute approximate surface area is 121 Å². The molecule has 2 aromatic rings. The molecule has 1 aromatic carbocycles. The fourth-order valence-corrected chi connectivity index (χ4v) is 2.38. The summed E-state index contributed by atoms with van der Waals surface area (Å²) in [7, 11) is 1.93. The lowest BCUT2D eigenvalue weighted by atomic mass is 10.2. The van der Waals surface area contributed by atoms with Gasteiger partial charge in [0.15, 0.2) is 0 Å². The van der Waals surface area contributed by atoms with Crippen molar-refractivity contribution in [2.45, 2.75) is 26.6 Å². The van der Waals surface area contributed by atoms with E-state index in [-0.39, 0.29) is 0 Å². The predicted molar refractivity (Wildman–Crippen MR) is 79.1 cm³/mol. The number of rotatable bonds is 6. The van der Waals surface area contributed by atoms with Crippen molar-refractivity contribution in [3.63, 3.8) is 0 Å². The van der Waals surface area contributed by atoms with Crippen LogP contribution in [0.2, 0.25) is 0 Å². The van der Waals surface area contributed by atoms with Gasteiger partial charge in [-0.25, -0.2) is 0 Å². The molecule has 1 aromatic heterocycles. The molecule has 1 heterocycles. The van der Waals surface area contributed by atoms with Crippen LogP contribution in [0.1, 0.15) is 18.1 Å². The van der Waals surface area contributed by atoms with E-state index in [0.29, 0.717) is 6.61 Å². The molecule has 0 amide bonds. The first-order chi connectivity index (χ1) is 9.24. The van der Waals surface area contributed by atoms with Gasteiger partial charge in [0, 0.05) is 30.4 Å². The Morgan fingerprint density at radius 2 is 2.26 bits per heavy atom. The molecule has 0 unspecified atom stereocenters. The molecule has 0 radical (unpaired) electrons. The van der Waals surface area contributed by atoms with Crippen molar-refractivity contribution >= 4 is 15.9 Å². The number of hydrogen-bond donors (Lipinski definition) is 1. The Morgan fingerprint density at radius 3 is 2.95 bits per heavy atom. The third-order valence-electron chi connectivity index (χ3n) is 2.81. The first-order valence-corrected chi connectivity index (χ1v) is 7.10. The minimum atomic E-state index is 0.527. The first-order valence-electron chi connectivity index (χ1n) is 6.30. The second-order valence-corrected chi connectivity index (χ2v) is 5.11. The van der Waals surface area contributed by atoms with E-state index in [1.165, 1.54) is 0 Å². The van der Waals surface area contributed by atoms with Crippen LogP contribution in [-0.4, -0.2) is 16.8 Å². The van der Waals surface area contributed by atoms with Gasteiger partial charge >= 0.3 is 0 Å². The minimum Gasteiger partial charge on any atom is -0.487 e. The lowest BCUT2D eigenvalue weighted by molar-refractivity contribution is 0.300. The highest BCUT2D eigenvalue weighted by molar-refractivity contribution is 9.10. The van der Waals surface area contributed by atoms with Crippen LogP contribution in [0, 0.1) is 0 Å². The van der Waals surface area contributed by atoms with E-state index in [2.05, 4.69) is 39.3 Å². The Balaban J connectivity index is 2.09. The molecule has 2 rings (SSSR count). The number of nitrogens with one attached hydrogen (secondary N) is 1. The minimum absolute atomic E-state index is 0.527. The van der Waals surface area contributed by atoms with Crippen molar-refractivity contribution < 1.29 is 4.74 Å². The molecule has 4 nitrogen and oxygen atoms in total. The van der Waals surface area contributed by atoms with Crippen molar-refractivity contribution in [1.29, 1.82) is 0 Å². The van der Waals surface area contributed by atoms with Crippen LogP contribution >= 0.6 is 15.9 Å². The number of para-hydroxylation sites is 1. The van der Waals surface area contributed by atoms with Gasteiger partial charge in [0.05, 0.1) is 10.7 Å². The van der Waals surface area contributed by atoms with Crippen molar-refractivity contribution in [3.05, 3.63) is 46.2 Å². The van der Waals surface area contributed by atoms with Crippen LogP contribution in [0.4, 0.5) is 0 Å². The lowest BCUT2D eigenvalue weighted by Crippen LogP contribution is -2.07. The number of hydrogen-bond acceptors (Lipinski definition) is 3. The van der Waals surface area contributed by atoms with Gasteiger partial charge in [-0.1, -0.05) is 12.1 Å². The lowest BCUT2D eigenvalue weighted by Gasteiger charge is -2.12. The highest BCUT2D eigenvalue weighted by atomic mass is 79.9. The molecule has 0 atom stereocenters. The average molecular weight is 324 g/mol. The fraction of sp³-hybridized carbons (Fsp3) is 0.357. The van der Waals surface area contributed by atoms with Gasteiger partial charge in [0.2, 0.25) is 0 Å². The molecule has 0 aliphatic carbocycles. The number of halogens is 1. The zero-order chi connectivity index (χ0) is 13.7. The zero-order valence-electron chi connectivity index (χ0n) is 11.2. The summed E-state index contributed by atoms with van der Waals surface area (Å²) in [5.74, 6) is 0.890. The van der Waals surface area contributed by atoms with Crippen LogP contribution in [0.15, 0.2) is 35.1 Å². The molecule has 0 fully saturated rings. The summed E-state index contributed by atoms with van der Waals surface area (Å²) >= 11 is 3.54. The SMILES string of the molecule is CCn1cc(COc2c(Br)cccc2CNC)cn1. The number of nitrogens with zero attached hydrogens (tertiary/aromatic N) is 2. The maximum Gasteiger partial charge on any atom is 0.138 e. The summed E-state index contributed by atoms with van der Waals surface area (Å²) in [6.45, 7) is 4.25. The van der Waals surface area contributed by atoms with Gasteiger partial charge in [0.1, 0.15) is 12.4 Å². The van der Waals surface area contributed by atoms with Crippen molar-refractivity contribution in [2.75, 3.05) is 7.05 Å². The quantitative estimate of drug-likeness (QED) is 0.888. The molecule has 0 saturated carbocycles. The smallest absolute Gasteiger partial charge is 0.138 e. The van der Waals surface area contributed by atoms with Gasteiger partial charge in [0.25, 0.3) is 0 Å². The average Bonchev–Trinajstić information content (AvgIpc) is 2.86. The Hall–Kier alpha value is -1.33. The number of benzene rings is 1. The van der Waals surface area contributed by atoms with Crippen LogP contribution in [0.5, 0.6) is 5.75 Å². The molecule has 0 spiro atoms. The highest BCUT2D eigenvalue weighted by Crippen LogP contribution is 2.29. The monoisotopic (exact) mass is 323 g/mol. The van der Waals surface area contributed by atoms with Crippen LogP contribution in [0.3, 0.4) is 0 Å². The second kappa shape index (κ2) is 6.73. The maximum absolute atomic E-state index is 5.92. The molecule has 19 heavy (non-hydrogen) atoms. The molecule has 1 N–H and O–H groups in total. The van der Waals surface area contributed by atoms with E-state index >= 15 is 0 Å². The Kier molecular flexibility index (Phi) is 4.99. The van der Waals surface area contributed by atoms with E-state index in [9.17, 15) is 0 Å². The molecule has 0 saturated heterocycles. The molecule has 0 aliphatic rings. The van der Waals surface area contributed by atoms with E-state index in [1.807, 2.05) is 36.3 Å². The fourth-order valence-electron chi connectivity index (χ4n) is 1.85. The summed E-state index contributed by atoms with van der Waals surface area (Å²) in [4.78, 5) is 0. The summed E-state index contributed by atoms with van der Waals surface area (Å²) in [5, 5.41) is 7.39. The van der Waals surface area contributed by atoms with E-state index in [1.54, 1.807) is 0 Å². The first kappa shape index (κ1) is 14.1. The van der Waals surface area contributed by atoms with Crippen molar-refractivity contribution in [1.82, 2.24) is 15.1 Å². The standard InChI is InChI=1S/C14H18BrN3O/c1-3-18-9-11(7-17-18)10-19-14-12(8-16-2)5-4-6-13(14)15/h4-7,9,16H,3,8,10H2,1-2H3. The van der Waals surface area contributed by atoms with Gasteiger partial charge in [-0.2, -0.15) is 5.10 Å². The van der Waals surface area contributed by atoms with E-state index in [4.69, 9.17) is 4.74 Å². The van der Waals surface area contributed by atoms with Crippen molar-refractivity contribution in [2.24, 2.45) is 0 Å². The molecule has 0 bridgehead atoms. The molecule has 5 heteroatoms. The van der Waals surface area contributed by atoms with E-state index < -0.39 is 0 Å². The number of aromatic nitrogens is 2. The molecular formula is C14H18BrN3O. The second-order valence-electron chi connectivity index (χ2n) is 4.25. The van der Waals surface area contributed by atoms with Gasteiger partial charge in [-0.15, -0.1) is 0 Å². The zero-order valence-corrected chi connectivity index (χ0v) is 12.8. The van der Waals surface area contributed by atoms with E-state index in [0.717, 1.165) is 34.4 Å². The number of aryl methyl sites for hydroxylation is 1. The summed E-state index contributed by atoms with van der Waals surface area (Å²) in [6, 6.07) is 6.06. The third kappa shape index (κ3) is 3.58. The largest absolute Gasteiger partial charge is 0.487 e. The predicted octanol–water partition coefficient (Wildman–Crippen LogP) is 2.96. The Bertz CT molecular complexity index is 539. The van der Waals surface area contributed by atoms with Gasteiger partial charge in [-0.3, -0.25) is 4.68 Å². The summed E-state index contributed by atoms with van der Waals surface area (Å²) < 4.78 is 8.80. The van der Waals surface area contributed by atoms with Crippen molar-refractivity contribution in [3.8, 4) is 5.75 Å². The Morgan fingerprint density at radius 1 is 1.42 bits per heavy atom. The molecule has 102 valence electrons. The summed E-state index contributed by atoms with van der Waals surface area (Å²) in [5.41, 5.74) is 2.22. The van der Waals surface area contributed by atoms with Gasteiger partial charge in [-0.05, 0) is 36.0 Å². The third-order valence-corrected chi connectivity index (χ3v) is 3.43. The van der Waals surface area contributed by atoms with Crippen LogP contribution in [0.25, 0.3) is 0 Å². The van der Waals surface area contributed by atoms with Crippen LogP contribution in [-0.2, 0) is 19.7 Å². The number of ether oxygens (including phenoxy) is 1. The molecular weight excluding hydrogens is 306 g/mol. The highest BCUT2D eigenvalue weighted by Gasteiger charge is 2.08.